The predicted molar refractivity (Wildman–Crippen MR) is 49.7 cm³/mol. The summed E-state index contributed by atoms with van der Waals surface area (Å²) in [4.78, 5) is -1.76. The molecule has 0 spiro atoms. The number of halogens is 6. The summed E-state index contributed by atoms with van der Waals surface area (Å²) in [5, 5.41) is 0.111. The summed E-state index contributed by atoms with van der Waals surface area (Å²) in [5.74, 6) is 0. The van der Waals surface area contributed by atoms with Crippen LogP contribution in [-0.2, 0) is 0 Å². The van der Waals surface area contributed by atoms with Gasteiger partial charge in [0.15, 0.2) is 0 Å². The molecule has 0 atom stereocenters. The fourth-order valence-electron chi connectivity index (χ4n) is 0.208. The summed E-state index contributed by atoms with van der Waals surface area (Å²) in [6.45, 7) is 0. The molecule has 0 aromatic heterocycles. The lowest BCUT2D eigenvalue weighted by Gasteiger charge is -2.03. The molecule has 6 heteroatoms. The standard InChI is InChI=1S/C4H2Cl6/c5-1(3(7)8)2(6)4(9)10/h3-4H. The lowest BCUT2D eigenvalue weighted by Crippen LogP contribution is -1.95. The molecular weight excluding hydrogens is 261 g/mol. The number of allylic oxidation sites excluding steroid dienone is 2. The van der Waals surface area contributed by atoms with Gasteiger partial charge in [-0.25, -0.2) is 0 Å². The summed E-state index contributed by atoms with van der Waals surface area (Å²) < 4.78 is 0. The van der Waals surface area contributed by atoms with Gasteiger partial charge in [0.25, 0.3) is 0 Å². The van der Waals surface area contributed by atoms with E-state index in [0.717, 1.165) is 0 Å². The Kier molecular flexibility index (Phi) is 5.95. The second-order valence-electron chi connectivity index (χ2n) is 1.30. The third-order valence-electron chi connectivity index (χ3n) is 0.611. The van der Waals surface area contributed by atoms with E-state index in [1.165, 1.54) is 0 Å². The predicted octanol–water partition coefficient (Wildman–Crippen LogP) is 4.28. The van der Waals surface area contributed by atoms with Gasteiger partial charge in [0.05, 0.1) is 10.1 Å². The van der Waals surface area contributed by atoms with Crippen LogP contribution in [-0.4, -0.2) is 9.67 Å². The van der Waals surface area contributed by atoms with Gasteiger partial charge in [0.1, 0.15) is 9.67 Å². The van der Waals surface area contributed by atoms with Gasteiger partial charge in [-0.2, -0.15) is 0 Å². The molecule has 0 rings (SSSR count). The minimum Gasteiger partial charge on any atom is -0.0990 e. The molecule has 0 heterocycles. The van der Waals surface area contributed by atoms with Crippen molar-refractivity contribution in [1.29, 1.82) is 0 Å². The van der Waals surface area contributed by atoms with Crippen LogP contribution in [0.4, 0.5) is 0 Å². The Labute approximate surface area is 89.0 Å². The second-order valence-corrected chi connectivity index (χ2v) is 4.30. The van der Waals surface area contributed by atoms with E-state index in [4.69, 9.17) is 69.6 Å². The number of rotatable bonds is 2. The summed E-state index contributed by atoms with van der Waals surface area (Å²) in [6, 6.07) is 0. The highest BCUT2D eigenvalue weighted by atomic mass is 35.5. The zero-order chi connectivity index (χ0) is 8.31. The van der Waals surface area contributed by atoms with Crippen molar-refractivity contribution in [1.82, 2.24) is 0 Å². The minimum atomic E-state index is -0.880. The van der Waals surface area contributed by atoms with E-state index in [2.05, 4.69) is 0 Å². The Morgan fingerprint density at radius 3 is 1.00 bits per heavy atom. The van der Waals surface area contributed by atoms with Crippen molar-refractivity contribution >= 4 is 69.6 Å². The molecule has 0 aliphatic rings. The molecule has 0 amide bonds. The average molecular weight is 263 g/mol. The van der Waals surface area contributed by atoms with Crippen LogP contribution in [0.25, 0.3) is 0 Å². The van der Waals surface area contributed by atoms with Crippen LogP contribution in [0.15, 0.2) is 10.1 Å². The maximum absolute atomic E-state index is 5.48. The first kappa shape index (κ1) is 11.5. The van der Waals surface area contributed by atoms with Crippen LogP contribution < -0.4 is 0 Å². The molecule has 0 aliphatic heterocycles. The highest BCUT2D eigenvalue weighted by molar-refractivity contribution is 6.58. The molecule has 0 aromatic rings. The van der Waals surface area contributed by atoms with Crippen LogP contribution >= 0.6 is 69.6 Å². The number of hydrogen-bond donors (Lipinski definition) is 0. The van der Waals surface area contributed by atoms with Gasteiger partial charge < -0.3 is 0 Å². The topological polar surface area (TPSA) is 0 Å². The van der Waals surface area contributed by atoms with Crippen molar-refractivity contribution in [2.45, 2.75) is 9.67 Å². The molecule has 0 nitrogen and oxygen atoms in total. The molecule has 0 N–H and O–H groups in total. The van der Waals surface area contributed by atoms with Gasteiger partial charge in [-0.3, -0.25) is 0 Å². The third-order valence-corrected chi connectivity index (χ3v) is 2.87. The van der Waals surface area contributed by atoms with E-state index >= 15 is 0 Å². The lowest BCUT2D eigenvalue weighted by atomic mass is 10.5. The van der Waals surface area contributed by atoms with E-state index < -0.39 is 9.67 Å². The van der Waals surface area contributed by atoms with E-state index in [1.807, 2.05) is 0 Å². The molecule has 0 saturated carbocycles. The normalized spacial score (nSPS) is 14.4. The van der Waals surface area contributed by atoms with Gasteiger partial charge in [-0.05, 0) is 0 Å². The zero-order valence-corrected chi connectivity index (χ0v) is 8.96. The SMILES string of the molecule is ClC(=C(Cl)C(Cl)Cl)C(Cl)Cl. The van der Waals surface area contributed by atoms with Gasteiger partial charge in [-0.15, -0.1) is 0 Å². The van der Waals surface area contributed by atoms with Crippen LogP contribution in [0.1, 0.15) is 0 Å². The first-order chi connectivity index (χ1) is 4.46. The van der Waals surface area contributed by atoms with Crippen LogP contribution in [0, 0.1) is 0 Å². The van der Waals surface area contributed by atoms with Crippen molar-refractivity contribution < 1.29 is 0 Å². The van der Waals surface area contributed by atoms with Crippen LogP contribution in [0.5, 0.6) is 0 Å². The molecule has 0 fully saturated rings. The molecule has 0 bridgehead atoms. The Morgan fingerprint density at radius 1 is 0.700 bits per heavy atom. The summed E-state index contributed by atoms with van der Waals surface area (Å²) in [7, 11) is 0. The van der Waals surface area contributed by atoms with Crippen LogP contribution in [0.2, 0.25) is 0 Å². The van der Waals surface area contributed by atoms with E-state index in [9.17, 15) is 0 Å². The molecular formula is C4H2Cl6. The number of hydrogen-bond acceptors (Lipinski definition) is 0. The fraction of sp³-hybridized carbons (Fsp3) is 0.500. The average Bonchev–Trinajstić information content (AvgIpc) is 1.84. The van der Waals surface area contributed by atoms with Gasteiger partial charge in [0, 0.05) is 0 Å². The molecule has 0 saturated heterocycles. The van der Waals surface area contributed by atoms with Gasteiger partial charge >= 0.3 is 0 Å². The Bertz CT molecular complexity index is 121. The second kappa shape index (κ2) is 5.18. The summed E-state index contributed by atoms with van der Waals surface area (Å²) >= 11 is 32.3. The quantitative estimate of drug-likeness (QED) is 0.652. The van der Waals surface area contributed by atoms with Crippen molar-refractivity contribution in [3.05, 3.63) is 10.1 Å². The first-order valence-electron chi connectivity index (χ1n) is 2.08. The Morgan fingerprint density at radius 2 is 0.900 bits per heavy atom. The van der Waals surface area contributed by atoms with Crippen molar-refractivity contribution in [2.24, 2.45) is 0 Å². The van der Waals surface area contributed by atoms with E-state index in [-0.39, 0.29) is 10.1 Å². The van der Waals surface area contributed by atoms with E-state index in [0.29, 0.717) is 0 Å². The van der Waals surface area contributed by atoms with Crippen molar-refractivity contribution in [3.8, 4) is 0 Å². The molecule has 10 heavy (non-hydrogen) atoms. The maximum atomic E-state index is 5.48. The van der Waals surface area contributed by atoms with Gasteiger partial charge in [-0.1, -0.05) is 69.6 Å². The maximum Gasteiger partial charge on any atom is 0.144 e. The summed E-state index contributed by atoms with van der Waals surface area (Å²) in [6.07, 6.45) is 0. The molecule has 0 aliphatic carbocycles. The Hall–Kier alpha value is 1.48. The van der Waals surface area contributed by atoms with Crippen LogP contribution in [0.3, 0.4) is 0 Å². The molecule has 0 radical (unpaired) electrons. The lowest BCUT2D eigenvalue weighted by molar-refractivity contribution is 1.42. The summed E-state index contributed by atoms with van der Waals surface area (Å²) in [5.41, 5.74) is 0. The van der Waals surface area contributed by atoms with E-state index in [1.54, 1.807) is 0 Å². The molecule has 0 aromatic carbocycles. The first-order valence-corrected chi connectivity index (χ1v) is 4.58. The Balaban J connectivity index is 4.34. The van der Waals surface area contributed by atoms with Gasteiger partial charge in [0.2, 0.25) is 0 Å². The van der Waals surface area contributed by atoms with Crippen molar-refractivity contribution in [2.75, 3.05) is 0 Å². The fourth-order valence-corrected chi connectivity index (χ4v) is 1.12. The monoisotopic (exact) mass is 260 g/mol. The van der Waals surface area contributed by atoms with Crippen molar-refractivity contribution in [3.63, 3.8) is 0 Å². The molecule has 0 unspecified atom stereocenters. The largest absolute Gasteiger partial charge is 0.144 e. The molecule has 60 valence electrons. The minimum absolute atomic E-state index is 0.0556. The smallest absolute Gasteiger partial charge is 0.0990 e. The highest BCUT2D eigenvalue weighted by Gasteiger charge is 2.14. The third kappa shape index (κ3) is 3.75. The zero-order valence-electron chi connectivity index (χ0n) is 4.42. The highest BCUT2D eigenvalue weighted by Crippen LogP contribution is 2.30. The number of alkyl halides is 4.